The number of aliphatic hydroxyl groups is 3. The molecule has 3 N–H and O–H groups in total. The van der Waals surface area contributed by atoms with Crippen LogP contribution in [0.2, 0.25) is 0 Å². The molecular weight excluding hydrogens is 349 g/mol. The molecule has 3 rings (SSSR count). The van der Waals surface area contributed by atoms with Gasteiger partial charge < -0.3 is 20.1 Å². The second-order valence-corrected chi connectivity index (χ2v) is 6.04. The molecule has 1 atom stereocenters. The van der Waals surface area contributed by atoms with Crippen molar-refractivity contribution in [3.05, 3.63) is 77.7 Å². The van der Waals surface area contributed by atoms with Gasteiger partial charge in [-0.3, -0.25) is 0 Å². The number of rotatable bonds is 7. The van der Waals surface area contributed by atoms with Gasteiger partial charge in [-0.15, -0.1) is 0 Å². The highest BCUT2D eigenvalue weighted by Gasteiger charge is 2.12. The molecule has 0 saturated heterocycles. The third-order valence-electron chi connectivity index (χ3n) is 4.02. The first-order valence-corrected chi connectivity index (χ1v) is 8.53. The second kappa shape index (κ2) is 8.73. The van der Waals surface area contributed by atoms with Gasteiger partial charge in [0.1, 0.15) is 23.4 Å². The van der Waals surface area contributed by atoms with Crippen LogP contribution in [-0.4, -0.2) is 33.5 Å². The monoisotopic (exact) mass is 369 g/mol. The highest BCUT2D eigenvalue weighted by Crippen LogP contribution is 2.27. The van der Waals surface area contributed by atoms with Crippen LogP contribution < -0.4 is 4.74 Å². The van der Waals surface area contributed by atoms with Crippen molar-refractivity contribution in [3.8, 4) is 22.8 Å². The lowest BCUT2D eigenvalue weighted by molar-refractivity contribution is 0.0923. The lowest BCUT2D eigenvalue weighted by atomic mass is 10.0. The van der Waals surface area contributed by atoms with Gasteiger partial charge in [-0.05, 0) is 72.6 Å². The SMILES string of the molecule is OCCc1cc(-c2ccc(Oc3ccc(F)cc3)cc2)nc(C(O)CO)c1. The molecule has 1 aromatic heterocycles. The van der Waals surface area contributed by atoms with E-state index in [1.165, 1.54) is 12.1 Å². The summed E-state index contributed by atoms with van der Waals surface area (Å²) in [5.74, 6) is 0.792. The molecule has 0 aliphatic heterocycles. The Morgan fingerprint density at radius 3 is 2.15 bits per heavy atom. The van der Waals surface area contributed by atoms with E-state index in [4.69, 9.17) is 4.74 Å². The van der Waals surface area contributed by atoms with Gasteiger partial charge >= 0.3 is 0 Å². The van der Waals surface area contributed by atoms with Crippen LogP contribution in [0.5, 0.6) is 11.5 Å². The normalized spacial score (nSPS) is 12.0. The zero-order valence-corrected chi connectivity index (χ0v) is 14.5. The van der Waals surface area contributed by atoms with Crippen molar-refractivity contribution in [2.75, 3.05) is 13.2 Å². The van der Waals surface area contributed by atoms with E-state index in [1.807, 2.05) is 18.2 Å². The Hall–Kier alpha value is -2.80. The van der Waals surface area contributed by atoms with Gasteiger partial charge in [-0.25, -0.2) is 9.37 Å². The van der Waals surface area contributed by atoms with Crippen molar-refractivity contribution in [3.63, 3.8) is 0 Å². The van der Waals surface area contributed by atoms with Crippen LogP contribution in [0.1, 0.15) is 17.4 Å². The van der Waals surface area contributed by atoms with Crippen LogP contribution in [0.15, 0.2) is 60.7 Å². The molecule has 2 aromatic carbocycles. The zero-order valence-electron chi connectivity index (χ0n) is 14.5. The van der Waals surface area contributed by atoms with Crippen LogP contribution in [0.4, 0.5) is 4.39 Å². The quantitative estimate of drug-likeness (QED) is 0.596. The van der Waals surface area contributed by atoms with Crippen molar-refractivity contribution in [1.29, 1.82) is 0 Å². The first-order chi connectivity index (χ1) is 13.1. The molecular formula is C21H20FNO4. The Kier molecular flexibility index (Phi) is 6.13. The fourth-order valence-electron chi connectivity index (χ4n) is 2.63. The summed E-state index contributed by atoms with van der Waals surface area (Å²) in [5, 5.41) is 28.3. The van der Waals surface area contributed by atoms with Gasteiger partial charge in [-0.2, -0.15) is 0 Å². The molecule has 0 amide bonds. The van der Waals surface area contributed by atoms with Crippen LogP contribution in [0.3, 0.4) is 0 Å². The Labute approximate surface area is 156 Å². The van der Waals surface area contributed by atoms with Crippen molar-refractivity contribution in [2.45, 2.75) is 12.5 Å². The number of ether oxygens (including phenoxy) is 1. The maximum absolute atomic E-state index is 13.0. The molecule has 1 unspecified atom stereocenters. The zero-order chi connectivity index (χ0) is 19.2. The molecule has 5 nitrogen and oxygen atoms in total. The van der Waals surface area contributed by atoms with Crippen LogP contribution in [-0.2, 0) is 6.42 Å². The molecule has 0 fully saturated rings. The third-order valence-corrected chi connectivity index (χ3v) is 4.02. The number of halogens is 1. The molecule has 0 saturated carbocycles. The number of benzene rings is 2. The predicted molar refractivity (Wildman–Crippen MR) is 99.0 cm³/mol. The molecule has 6 heteroatoms. The number of aromatic nitrogens is 1. The summed E-state index contributed by atoms with van der Waals surface area (Å²) in [7, 11) is 0. The van der Waals surface area contributed by atoms with Crippen molar-refractivity contribution >= 4 is 0 Å². The minimum atomic E-state index is -1.08. The van der Waals surface area contributed by atoms with E-state index in [0.29, 0.717) is 29.3 Å². The lowest BCUT2D eigenvalue weighted by Crippen LogP contribution is -2.07. The van der Waals surface area contributed by atoms with E-state index < -0.39 is 12.7 Å². The predicted octanol–water partition coefficient (Wildman–Crippen LogP) is 3.24. The Morgan fingerprint density at radius 2 is 1.56 bits per heavy atom. The minimum absolute atomic E-state index is 0.0252. The topological polar surface area (TPSA) is 82.8 Å². The van der Waals surface area contributed by atoms with Crippen molar-refractivity contribution in [2.24, 2.45) is 0 Å². The fourth-order valence-corrected chi connectivity index (χ4v) is 2.63. The standard InChI is InChI=1S/C21H20FNO4/c22-16-3-7-18(8-4-16)27-17-5-1-15(2-6-17)19-11-14(9-10-24)12-20(23-19)21(26)13-25/h1-8,11-12,21,24-26H,9-10,13H2. The number of nitrogens with zero attached hydrogens (tertiary/aromatic N) is 1. The summed E-state index contributed by atoms with van der Waals surface area (Å²) >= 11 is 0. The summed E-state index contributed by atoms with van der Waals surface area (Å²) in [5.41, 5.74) is 2.59. The third kappa shape index (κ3) is 4.89. The van der Waals surface area contributed by atoms with E-state index in [-0.39, 0.29) is 12.4 Å². The molecule has 0 aliphatic rings. The highest BCUT2D eigenvalue weighted by molar-refractivity contribution is 5.61. The Balaban J connectivity index is 1.85. The molecule has 3 aromatic rings. The molecule has 1 heterocycles. The van der Waals surface area contributed by atoms with Gasteiger partial charge in [0, 0.05) is 12.2 Å². The molecule has 0 aliphatic carbocycles. The number of hydrogen-bond donors (Lipinski definition) is 3. The van der Waals surface area contributed by atoms with Gasteiger partial charge in [0.25, 0.3) is 0 Å². The van der Waals surface area contributed by atoms with Crippen LogP contribution in [0.25, 0.3) is 11.3 Å². The maximum Gasteiger partial charge on any atom is 0.127 e. The lowest BCUT2D eigenvalue weighted by Gasteiger charge is -2.12. The van der Waals surface area contributed by atoms with E-state index >= 15 is 0 Å². The van der Waals surface area contributed by atoms with Gasteiger partial charge in [0.15, 0.2) is 0 Å². The van der Waals surface area contributed by atoms with E-state index in [9.17, 15) is 19.7 Å². The summed E-state index contributed by atoms with van der Waals surface area (Å²) in [6.45, 7) is -0.456. The molecule has 0 bridgehead atoms. The maximum atomic E-state index is 13.0. The average molecular weight is 369 g/mol. The number of aliphatic hydroxyl groups excluding tert-OH is 3. The van der Waals surface area contributed by atoms with Crippen LogP contribution >= 0.6 is 0 Å². The van der Waals surface area contributed by atoms with E-state index in [2.05, 4.69) is 4.98 Å². The second-order valence-electron chi connectivity index (χ2n) is 6.04. The molecule has 140 valence electrons. The van der Waals surface area contributed by atoms with Crippen molar-refractivity contribution < 1.29 is 24.4 Å². The van der Waals surface area contributed by atoms with E-state index in [0.717, 1.165) is 11.1 Å². The van der Waals surface area contributed by atoms with Gasteiger partial charge in [-0.1, -0.05) is 0 Å². The molecule has 0 radical (unpaired) electrons. The summed E-state index contributed by atoms with van der Waals surface area (Å²) in [6, 6.07) is 16.4. The summed E-state index contributed by atoms with van der Waals surface area (Å²) in [4.78, 5) is 4.41. The first kappa shape index (κ1) is 19.0. The van der Waals surface area contributed by atoms with Crippen LogP contribution in [0, 0.1) is 5.82 Å². The molecule has 0 spiro atoms. The first-order valence-electron chi connectivity index (χ1n) is 8.53. The number of hydrogen-bond acceptors (Lipinski definition) is 5. The smallest absolute Gasteiger partial charge is 0.127 e. The van der Waals surface area contributed by atoms with E-state index in [1.54, 1.807) is 30.3 Å². The average Bonchev–Trinajstić information content (AvgIpc) is 2.69. The Morgan fingerprint density at radius 1 is 0.926 bits per heavy atom. The number of pyridine rings is 1. The summed E-state index contributed by atoms with van der Waals surface area (Å²) in [6.07, 6.45) is -0.657. The highest BCUT2D eigenvalue weighted by atomic mass is 19.1. The fraction of sp³-hybridized carbons (Fsp3) is 0.190. The Bertz CT molecular complexity index is 882. The van der Waals surface area contributed by atoms with Gasteiger partial charge in [0.05, 0.1) is 18.0 Å². The minimum Gasteiger partial charge on any atom is -0.457 e. The van der Waals surface area contributed by atoms with Gasteiger partial charge in [0.2, 0.25) is 0 Å². The van der Waals surface area contributed by atoms with Crippen molar-refractivity contribution in [1.82, 2.24) is 4.98 Å². The largest absolute Gasteiger partial charge is 0.457 e. The molecule has 27 heavy (non-hydrogen) atoms. The summed E-state index contributed by atoms with van der Waals surface area (Å²) < 4.78 is 18.6.